The maximum absolute atomic E-state index is 12.0. The van der Waals surface area contributed by atoms with Crippen LogP contribution in [0.3, 0.4) is 0 Å². The van der Waals surface area contributed by atoms with Crippen LogP contribution in [0.2, 0.25) is 0 Å². The molecule has 0 saturated carbocycles. The summed E-state index contributed by atoms with van der Waals surface area (Å²) in [5.74, 6) is 0.338. The first-order chi connectivity index (χ1) is 11.1. The van der Waals surface area contributed by atoms with Gasteiger partial charge in [0.05, 0.1) is 6.61 Å². The number of benzene rings is 1. The number of ether oxygens (including phenoxy) is 2. The average molecular weight is 317 g/mol. The summed E-state index contributed by atoms with van der Waals surface area (Å²) in [4.78, 5) is 23.9. The molecule has 0 aliphatic heterocycles. The lowest BCUT2D eigenvalue weighted by Crippen LogP contribution is -2.35. The van der Waals surface area contributed by atoms with E-state index in [1.807, 2.05) is 30.3 Å². The summed E-state index contributed by atoms with van der Waals surface area (Å²) in [6, 6.07) is 11.5. The molecule has 0 unspecified atom stereocenters. The molecule has 2 aromatic rings. The van der Waals surface area contributed by atoms with Gasteiger partial charge in [-0.05, 0) is 31.5 Å². The van der Waals surface area contributed by atoms with Gasteiger partial charge in [-0.25, -0.2) is 9.59 Å². The first-order valence-electron chi connectivity index (χ1n) is 7.30. The van der Waals surface area contributed by atoms with Gasteiger partial charge < -0.3 is 19.2 Å². The molecule has 2 rings (SSSR count). The van der Waals surface area contributed by atoms with E-state index in [4.69, 9.17) is 13.9 Å². The highest BCUT2D eigenvalue weighted by Gasteiger charge is 2.27. The van der Waals surface area contributed by atoms with Gasteiger partial charge in [-0.2, -0.15) is 0 Å². The molecule has 1 atom stereocenters. The number of esters is 1. The number of carbonyl (C=O) groups is 2. The van der Waals surface area contributed by atoms with Crippen molar-refractivity contribution in [2.24, 2.45) is 0 Å². The molecule has 1 aromatic carbocycles. The average Bonchev–Trinajstić information content (AvgIpc) is 2.98. The van der Waals surface area contributed by atoms with Gasteiger partial charge in [0, 0.05) is 0 Å². The number of rotatable bonds is 6. The van der Waals surface area contributed by atoms with Crippen LogP contribution in [-0.4, -0.2) is 18.7 Å². The molecule has 0 aliphatic carbocycles. The van der Waals surface area contributed by atoms with E-state index in [2.05, 4.69) is 5.32 Å². The van der Waals surface area contributed by atoms with Crippen LogP contribution in [0.1, 0.15) is 30.0 Å². The molecule has 122 valence electrons. The molecular weight excluding hydrogens is 298 g/mol. The number of hydrogen-bond donors (Lipinski definition) is 1. The molecule has 23 heavy (non-hydrogen) atoms. The normalized spacial score (nSPS) is 11.6. The van der Waals surface area contributed by atoms with Gasteiger partial charge in [0.2, 0.25) is 0 Å². The Bertz CT molecular complexity index is 650. The summed E-state index contributed by atoms with van der Waals surface area (Å²) >= 11 is 0. The minimum Gasteiger partial charge on any atom is -0.464 e. The van der Waals surface area contributed by atoms with Gasteiger partial charge in [0.25, 0.3) is 0 Å². The SMILES string of the molecule is CCOC(=O)[C@@H](NC(=O)OCc1ccccc1)c1ccc(C)o1. The largest absolute Gasteiger partial charge is 0.464 e. The molecule has 1 N–H and O–H groups in total. The molecule has 1 aromatic heterocycles. The Morgan fingerprint density at radius 3 is 2.48 bits per heavy atom. The van der Waals surface area contributed by atoms with Gasteiger partial charge in [-0.15, -0.1) is 0 Å². The highest BCUT2D eigenvalue weighted by atomic mass is 16.6. The maximum Gasteiger partial charge on any atom is 0.408 e. The van der Waals surface area contributed by atoms with Gasteiger partial charge in [0.1, 0.15) is 18.1 Å². The molecular formula is C17H19NO5. The molecule has 1 amide bonds. The molecule has 0 fully saturated rings. The van der Waals surface area contributed by atoms with E-state index in [0.717, 1.165) is 5.56 Å². The van der Waals surface area contributed by atoms with Gasteiger partial charge in [0.15, 0.2) is 6.04 Å². The first-order valence-corrected chi connectivity index (χ1v) is 7.30. The molecule has 0 saturated heterocycles. The third kappa shape index (κ3) is 4.88. The Hall–Kier alpha value is -2.76. The zero-order valence-corrected chi connectivity index (χ0v) is 13.1. The Balaban J connectivity index is 1.99. The topological polar surface area (TPSA) is 77.8 Å². The second kappa shape index (κ2) is 8.03. The van der Waals surface area contributed by atoms with Crippen molar-refractivity contribution in [1.82, 2.24) is 5.32 Å². The number of hydrogen-bond acceptors (Lipinski definition) is 5. The fraction of sp³-hybridized carbons (Fsp3) is 0.294. The number of furan rings is 1. The third-order valence-electron chi connectivity index (χ3n) is 3.04. The smallest absolute Gasteiger partial charge is 0.408 e. The second-order valence-corrected chi connectivity index (χ2v) is 4.84. The van der Waals surface area contributed by atoms with Crippen molar-refractivity contribution in [1.29, 1.82) is 0 Å². The summed E-state index contributed by atoms with van der Waals surface area (Å²) in [6.45, 7) is 3.75. The molecule has 6 heteroatoms. The van der Waals surface area contributed by atoms with E-state index < -0.39 is 18.1 Å². The molecule has 0 spiro atoms. The predicted molar refractivity (Wildman–Crippen MR) is 82.6 cm³/mol. The van der Waals surface area contributed by atoms with Gasteiger partial charge in [-0.3, -0.25) is 0 Å². The number of alkyl carbamates (subject to hydrolysis) is 1. The van der Waals surface area contributed by atoms with Crippen molar-refractivity contribution in [3.63, 3.8) is 0 Å². The monoisotopic (exact) mass is 317 g/mol. The van der Waals surface area contributed by atoms with E-state index in [9.17, 15) is 9.59 Å². The van der Waals surface area contributed by atoms with Crippen molar-refractivity contribution in [2.45, 2.75) is 26.5 Å². The van der Waals surface area contributed by atoms with E-state index >= 15 is 0 Å². The summed E-state index contributed by atoms with van der Waals surface area (Å²) in [6.07, 6.45) is -0.721. The molecule has 0 bridgehead atoms. The lowest BCUT2D eigenvalue weighted by Gasteiger charge is -2.15. The molecule has 1 heterocycles. The zero-order valence-electron chi connectivity index (χ0n) is 13.1. The highest BCUT2D eigenvalue weighted by Crippen LogP contribution is 2.18. The molecule has 0 aliphatic rings. The zero-order chi connectivity index (χ0) is 16.7. The maximum atomic E-state index is 12.0. The Labute approximate surface area is 134 Å². The number of amides is 1. The van der Waals surface area contributed by atoms with E-state index in [1.165, 1.54) is 0 Å². The van der Waals surface area contributed by atoms with Crippen LogP contribution >= 0.6 is 0 Å². The predicted octanol–water partition coefficient (Wildman–Crippen LogP) is 3.12. The Morgan fingerprint density at radius 1 is 1.13 bits per heavy atom. The van der Waals surface area contributed by atoms with E-state index in [0.29, 0.717) is 11.5 Å². The van der Waals surface area contributed by atoms with Crippen LogP contribution in [0.4, 0.5) is 4.79 Å². The third-order valence-corrected chi connectivity index (χ3v) is 3.04. The van der Waals surface area contributed by atoms with Crippen molar-refractivity contribution >= 4 is 12.1 Å². The van der Waals surface area contributed by atoms with E-state index in [1.54, 1.807) is 26.0 Å². The fourth-order valence-corrected chi connectivity index (χ4v) is 1.96. The van der Waals surface area contributed by atoms with Gasteiger partial charge >= 0.3 is 12.1 Å². The Morgan fingerprint density at radius 2 is 1.87 bits per heavy atom. The summed E-state index contributed by atoms with van der Waals surface area (Å²) in [7, 11) is 0. The molecule has 0 radical (unpaired) electrons. The first kappa shape index (κ1) is 16.6. The number of aryl methyl sites for hydroxylation is 1. The minimum atomic E-state index is -1.04. The Kier molecular flexibility index (Phi) is 5.80. The highest BCUT2D eigenvalue weighted by molar-refractivity contribution is 5.82. The van der Waals surface area contributed by atoms with E-state index in [-0.39, 0.29) is 13.2 Å². The number of carbonyl (C=O) groups excluding carboxylic acids is 2. The summed E-state index contributed by atoms with van der Waals surface area (Å²) < 4.78 is 15.5. The standard InChI is InChI=1S/C17H19NO5/c1-3-21-16(19)15(14-10-9-12(2)23-14)18-17(20)22-11-13-7-5-4-6-8-13/h4-10,15H,3,11H2,1-2H3,(H,18,20)/t15-/m0/s1. The van der Waals surface area contributed by atoms with Gasteiger partial charge in [-0.1, -0.05) is 30.3 Å². The lowest BCUT2D eigenvalue weighted by molar-refractivity contribution is -0.146. The summed E-state index contributed by atoms with van der Waals surface area (Å²) in [5.41, 5.74) is 0.851. The number of nitrogens with one attached hydrogen (secondary N) is 1. The second-order valence-electron chi connectivity index (χ2n) is 4.84. The van der Waals surface area contributed by atoms with Crippen LogP contribution < -0.4 is 5.32 Å². The van der Waals surface area contributed by atoms with Crippen molar-refractivity contribution in [3.05, 3.63) is 59.5 Å². The quantitative estimate of drug-likeness (QED) is 0.828. The van der Waals surface area contributed by atoms with Crippen LogP contribution in [0.5, 0.6) is 0 Å². The van der Waals surface area contributed by atoms with Crippen molar-refractivity contribution in [2.75, 3.05) is 6.61 Å². The lowest BCUT2D eigenvalue weighted by atomic mass is 10.2. The minimum absolute atomic E-state index is 0.111. The molecule has 6 nitrogen and oxygen atoms in total. The van der Waals surface area contributed by atoms with Crippen LogP contribution in [-0.2, 0) is 20.9 Å². The van der Waals surface area contributed by atoms with Crippen molar-refractivity contribution < 1.29 is 23.5 Å². The fourth-order valence-electron chi connectivity index (χ4n) is 1.96. The summed E-state index contributed by atoms with van der Waals surface area (Å²) in [5, 5.41) is 2.47. The van der Waals surface area contributed by atoms with Crippen LogP contribution in [0.15, 0.2) is 46.9 Å². The van der Waals surface area contributed by atoms with Crippen LogP contribution in [0.25, 0.3) is 0 Å². The van der Waals surface area contributed by atoms with Crippen molar-refractivity contribution in [3.8, 4) is 0 Å². The van der Waals surface area contributed by atoms with Crippen LogP contribution in [0, 0.1) is 6.92 Å².